The number of rotatable bonds is 9. The fourth-order valence-electron chi connectivity index (χ4n) is 4.63. The second-order valence-electron chi connectivity index (χ2n) is 10.6. The van der Waals surface area contributed by atoms with Crippen LogP contribution in [0.2, 0.25) is 0 Å². The van der Waals surface area contributed by atoms with Gasteiger partial charge in [-0.05, 0) is 71.4 Å². The molecule has 0 N–H and O–H groups in total. The van der Waals surface area contributed by atoms with Crippen molar-refractivity contribution in [3.05, 3.63) is 71.8 Å². The van der Waals surface area contributed by atoms with Crippen molar-refractivity contribution in [3.63, 3.8) is 0 Å². The zero-order chi connectivity index (χ0) is 24.8. The Morgan fingerprint density at radius 1 is 0.941 bits per heavy atom. The Hall–Kier alpha value is -2.66. The van der Waals surface area contributed by atoms with Gasteiger partial charge in [0.25, 0.3) is 0 Å². The van der Waals surface area contributed by atoms with Gasteiger partial charge in [-0.15, -0.1) is 0 Å². The van der Waals surface area contributed by atoms with E-state index in [4.69, 9.17) is 9.47 Å². The first kappa shape index (κ1) is 26.0. The summed E-state index contributed by atoms with van der Waals surface area (Å²) in [6, 6.07) is 20.1. The van der Waals surface area contributed by atoms with Gasteiger partial charge in [0.15, 0.2) is 0 Å². The molecule has 1 heterocycles. The average Bonchev–Trinajstić information content (AvgIpc) is 3.02. The number of Topliss-reactive ketones (excluding diaryl/α,β-unsaturated/α-hetero) is 1. The fraction of sp³-hybridized carbons (Fsp3) is 0.517. The molecule has 1 fully saturated rings. The summed E-state index contributed by atoms with van der Waals surface area (Å²) in [5.74, 6) is 0.242. The first-order chi connectivity index (χ1) is 16.0. The summed E-state index contributed by atoms with van der Waals surface area (Å²) in [7, 11) is 0. The number of amides is 1. The normalized spacial score (nSPS) is 19.7. The van der Waals surface area contributed by atoms with Crippen LogP contribution in [0.1, 0.15) is 71.4 Å². The van der Waals surface area contributed by atoms with Gasteiger partial charge in [0.1, 0.15) is 17.1 Å². The molecule has 2 atom stereocenters. The smallest absolute Gasteiger partial charge is 0.412 e. The predicted molar refractivity (Wildman–Crippen MR) is 135 cm³/mol. The van der Waals surface area contributed by atoms with Crippen LogP contribution >= 0.6 is 0 Å². The molecule has 1 aliphatic heterocycles. The van der Waals surface area contributed by atoms with E-state index in [1.807, 2.05) is 71.0 Å². The molecule has 184 valence electrons. The Kier molecular flexibility index (Phi) is 8.53. The van der Waals surface area contributed by atoms with Crippen LogP contribution < -0.4 is 0 Å². The van der Waals surface area contributed by atoms with E-state index in [2.05, 4.69) is 24.3 Å². The molecule has 0 aromatic heterocycles. The van der Waals surface area contributed by atoms with Crippen molar-refractivity contribution >= 4 is 11.9 Å². The van der Waals surface area contributed by atoms with Crippen LogP contribution in [0, 0.1) is 0 Å². The summed E-state index contributed by atoms with van der Waals surface area (Å²) in [4.78, 5) is 27.6. The Labute approximate surface area is 204 Å². The van der Waals surface area contributed by atoms with Crippen molar-refractivity contribution < 1.29 is 19.1 Å². The predicted octanol–water partition coefficient (Wildman–Crippen LogP) is 6.34. The molecular formula is C29H39NO4. The highest BCUT2D eigenvalue weighted by Crippen LogP contribution is 2.37. The Morgan fingerprint density at radius 3 is 2.12 bits per heavy atom. The van der Waals surface area contributed by atoms with Gasteiger partial charge in [-0.3, -0.25) is 9.69 Å². The van der Waals surface area contributed by atoms with Crippen LogP contribution in [0.3, 0.4) is 0 Å². The molecule has 1 saturated heterocycles. The van der Waals surface area contributed by atoms with E-state index in [-0.39, 0.29) is 24.0 Å². The van der Waals surface area contributed by atoms with Crippen LogP contribution in [0.4, 0.5) is 4.79 Å². The summed E-state index contributed by atoms with van der Waals surface area (Å²) in [5.41, 5.74) is 0.966. The number of hydrogen-bond donors (Lipinski definition) is 0. The quantitative estimate of drug-likeness (QED) is 0.433. The molecule has 2 aromatic carbocycles. The highest BCUT2D eigenvalue weighted by Gasteiger charge is 2.50. The van der Waals surface area contributed by atoms with Crippen molar-refractivity contribution in [1.82, 2.24) is 4.90 Å². The van der Waals surface area contributed by atoms with Gasteiger partial charge >= 0.3 is 6.09 Å². The largest absolute Gasteiger partial charge is 0.444 e. The van der Waals surface area contributed by atoms with Gasteiger partial charge in [-0.25, -0.2) is 4.79 Å². The van der Waals surface area contributed by atoms with Crippen molar-refractivity contribution in [2.45, 2.75) is 96.6 Å². The van der Waals surface area contributed by atoms with E-state index in [0.29, 0.717) is 25.7 Å². The zero-order valence-corrected chi connectivity index (χ0v) is 21.3. The Balaban J connectivity index is 1.66. The third-order valence-electron chi connectivity index (χ3n) is 6.13. The number of hydrogen-bond acceptors (Lipinski definition) is 4. The summed E-state index contributed by atoms with van der Waals surface area (Å²) < 4.78 is 12.1. The van der Waals surface area contributed by atoms with E-state index in [0.717, 1.165) is 18.4 Å². The van der Waals surface area contributed by atoms with Gasteiger partial charge in [0.05, 0.1) is 12.1 Å². The second kappa shape index (κ2) is 11.2. The molecule has 5 nitrogen and oxygen atoms in total. The minimum atomic E-state index is -0.817. The van der Waals surface area contributed by atoms with Crippen LogP contribution in [0.5, 0.6) is 0 Å². The molecule has 0 spiro atoms. The summed E-state index contributed by atoms with van der Waals surface area (Å²) >= 11 is 0. The maximum absolute atomic E-state index is 13.2. The maximum Gasteiger partial charge on any atom is 0.412 e. The molecule has 5 heteroatoms. The van der Waals surface area contributed by atoms with Crippen LogP contribution in [-0.2, 0) is 27.1 Å². The van der Waals surface area contributed by atoms with Crippen LogP contribution in [0.15, 0.2) is 60.7 Å². The monoisotopic (exact) mass is 465 g/mol. The lowest BCUT2D eigenvalue weighted by atomic mass is 9.96. The van der Waals surface area contributed by atoms with Crippen LogP contribution in [0.25, 0.3) is 0 Å². The molecule has 3 rings (SSSR count). The van der Waals surface area contributed by atoms with Crippen molar-refractivity contribution in [2.24, 2.45) is 0 Å². The van der Waals surface area contributed by atoms with E-state index in [1.165, 1.54) is 5.56 Å². The molecular weight excluding hydrogens is 426 g/mol. The molecule has 34 heavy (non-hydrogen) atoms. The number of ketones is 1. The molecule has 0 saturated carbocycles. The third kappa shape index (κ3) is 7.42. The fourth-order valence-corrected chi connectivity index (χ4v) is 4.63. The van der Waals surface area contributed by atoms with Crippen molar-refractivity contribution in [1.29, 1.82) is 0 Å². The molecule has 0 radical (unpaired) electrons. The van der Waals surface area contributed by atoms with Gasteiger partial charge in [0, 0.05) is 12.8 Å². The minimum absolute atomic E-state index is 0.204. The number of carbonyl (C=O) groups excluding carboxylic acids is 2. The van der Waals surface area contributed by atoms with Crippen LogP contribution in [-0.4, -0.2) is 40.2 Å². The lowest BCUT2D eigenvalue weighted by molar-refractivity contribution is -0.120. The van der Waals surface area contributed by atoms with Gasteiger partial charge in [0.2, 0.25) is 0 Å². The van der Waals surface area contributed by atoms with Gasteiger partial charge in [-0.2, -0.15) is 0 Å². The van der Waals surface area contributed by atoms with Crippen molar-refractivity contribution in [3.8, 4) is 0 Å². The maximum atomic E-state index is 13.2. The van der Waals surface area contributed by atoms with E-state index in [9.17, 15) is 9.59 Å². The Bertz CT molecular complexity index is 934. The van der Waals surface area contributed by atoms with Crippen molar-refractivity contribution in [2.75, 3.05) is 0 Å². The average molecular weight is 466 g/mol. The number of nitrogens with zero attached hydrogens (tertiary/aromatic N) is 1. The molecule has 0 aliphatic carbocycles. The minimum Gasteiger partial charge on any atom is -0.444 e. The highest BCUT2D eigenvalue weighted by molar-refractivity contribution is 5.78. The lowest BCUT2D eigenvalue weighted by Gasteiger charge is -2.35. The SMILES string of the molecule is CC(C)(C)OC(=O)N1[C@@H](Cc2ccccc2)[C@H](CCC(=O)CCCc2ccccc2)OC1(C)C. The lowest BCUT2D eigenvalue weighted by Crippen LogP contribution is -2.51. The first-order valence-corrected chi connectivity index (χ1v) is 12.3. The molecule has 0 bridgehead atoms. The number of ether oxygens (including phenoxy) is 2. The third-order valence-corrected chi connectivity index (χ3v) is 6.13. The number of aryl methyl sites for hydroxylation is 1. The number of carbonyl (C=O) groups is 2. The molecule has 1 aliphatic rings. The summed E-state index contributed by atoms with van der Waals surface area (Å²) in [6.07, 6.45) is 3.38. The topological polar surface area (TPSA) is 55.8 Å². The highest BCUT2D eigenvalue weighted by atomic mass is 16.6. The number of benzene rings is 2. The van der Waals surface area contributed by atoms with E-state index in [1.54, 1.807) is 4.90 Å². The Morgan fingerprint density at radius 2 is 1.53 bits per heavy atom. The van der Waals surface area contributed by atoms with E-state index < -0.39 is 11.3 Å². The zero-order valence-electron chi connectivity index (χ0n) is 21.3. The van der Waals surface area contributed by atoms with Gasteiger partial charge < -0.3 is 9.47 Å². The van der Waals surface area contributed by atoms with E-state index >= 15 is 0 Å². The molecule has 2 aromatic rings. The summed E-state index contributed by atoms with van der Waals surface area (Å²) in [6.45, 7) is 9.40. The molecule has 1 amide bonds. The standard InChI is InChI=1S/C29H39NO4/c1-28(2,3)34-27(32)30-25(21-23-15-10-7-11-16-23)26(33-29(30,4)5)20-19-24(31)18-12-17-22-13-8-6-9-14-22/h6-11,13-16,25-26H,12,17-21H2,1-5H3/t25-,26-/m0/s1. The van der Waals surface area contributed by atoms with Gasteiger partial charge in [-0.1, -0.05) is 60.7 Å². The first-order valence-electron chi connectivity index (χ1n) is 12.3. The summed E-state index contributed by atoms with van der Waals surface area (Å²) in [5, 5.41) is 0. The molecule has 0 unspecified atom stereocenters. The second-order valence-corrected chi connectivity index (χ2v) is 10.6.